The van der Waals surface area contributed by atoms with Crippen LogP contribution >= 0.6 is 23.7 Å². The lowest BCUT2D eigenvalue weighted by Crippen LogP contribution is -2.49. The van der Waals surface area contributed by atoms with E-state index in [1.54, 1.807) is 0 Å². The van der Waals surface area contributed by atoms with Gasteiger partial charge in [0.05, 0.1) is 0 Å². The van der Waals surface area contributed by atoms with Gasteiger partial charge >= 0.3 is 0 Å². The number of halogens is 1. The monoisotopic (exact) mass is 343 g/mol. The number of nitrogens with zero attached hydrogens (tertiary/aromatic N) is 2. The van der Waals surface area contributed by atoms with Crippen LogP contribution in [0.5, 0.6) is 0 Å². The summed E-state index contributed by atoms with van der Waals surface area (Å²) in [5.41, 5.74) is 0.289. The third kappa shape index (κ3) is 4.45. The summed E-state index contributed by atoms with van der Waals surface area (Å²) in [6, 6.07) is 5.45. The second-order valence-corrected chi connectivity index (χ2v) is 8.65. The van der Waals surface area contributed by atoms with Crippen LogP contribution in [0.4, 0.5) is 0 Å². The highest BCUT2D eigenvalue weighted by Gasteiger charge is 2.28. The minimum Gasteiger partial charge on any atom is -0.314 e. The smallest absolute Gasteiger partial charge is 0.0328 e. The van der Waals surface area contributed by atoms with Gasteiger partial charge in [-0.2, -0.15) is 0 Å². The number of likely N-dealkylation sites (tertiary alicyclic amines) is 1. The van der Waals surface area contributed by atoms with E-state index in [0.717, 1.165) is 25.7 Å². The Hall–Kier alpha value is -0.130. The highest BCUT2D eigenvalue weighted by atomic mass is 35.5. The molecule has 1 aromatic heterocycles. The summed E-state index contributed by atoms with van der Waals surface area (Å²) in [5, 5.41) is 3.45. The first-order valence-electron chi connectivity index (χ1n) is 8.29. The third-order valence-electron chi connectivity index (χ3n) is 4.70. The lowest BCUT2D eigenvalue weighted by atomic mass is 9.95. The SMILES string of the molecule is CC(C)(C)c1ccc(CN2CCC(N3CCNCC3)C2)s1.Cl. The van der Waals surface area contributed by atoms with E-state index >= 15 is 0 Å². The Morgan fingerprint density at radius 2 is 1.91 bits per heavy atom. The molecule has 2 aliphatic heterocycles. The molecule has 1 aromatic rings. The number of thiophene rings is 1. The zero-order valence-electron chi connectivity index (χ0n) is 14.1. The van der Waals surface area contributed by atoms with Gasteiger partial charge in [0.1, 0.15) is 0 Å². The fourth-order valence-corrected chi connectivity index (χ4v) is 4.50. The zero-order valence-corrected chi connectivity index (χ0v) is 15.7. The summed E-state index contributed by atoms with van der Waals surface area (Å²) >= 11 is 2.00. The van der Waals surface area contributed by atoms with Gasteiger partial charge in [-0.3, -0.25) is 9.80 Å². The van der Waals surface area contributed by atoms with Crippen LogP contribution in [0, 0.1) is 0 Å². The Balaban J connectivity index is 0.00000176. The van der Waals surface area contributed by atoms with Gasteiger partial charge in [-0.25, -0.2) is 0 Å². The van der Waals surface area contributed by atoms with Crippen molar-refractivity contribution in [2.24, 2.45) is 0 Å². The molecule has 3 heterocycles. The van der Waals surface area contributed by atoms with Crippen LogP contribution in [0.25, 0.3) is 0 Å². The summed E-state index contributed by atoms with van der Waals surface area (Å²) in [7, 11) is 0. The average Bonchev–Trinajstić information content (AvgIpc) is 3.09. The van der Waals surface area contributed by atoms with Gasteiger partial charge in [0, 0.05) is 61.6 Å². The van der Waals surface area contributed by atoms with E-state index in [9.17, 15) is 0 Å². The van der Waals surface area contributed by atoms with Gasteiger partial charge < -0.3 is 5.32 Å². The van der Waals surface area contributed by atoms with Gasteiger partial charge in [0.15, 0.2) is 0 Å². The first kappa shape index (κ1) is 18.2. The summed E-state index contributed by atoms with van der Waals surface area (Å²) in [4.78, 5) is 8.37. The second kappa shape index (κ2) is 7.63. The van der Waals surface area contributed by atoms with Crippen LogP contribution < -0.4 is 5.32 Å². The van der Waals surface area contributed by atoms with Gasteiger partial charge in [-0.1, -0.05) is 20.8 Å². The Morgan fingerprint density at radius 3 is 2.55 bits per heavy atom. The number of hydrogen-bond acceptors (Lipinski definition) is 4. The highest BCUT2D eigenvalue weighted by molar-refractivity contribution is 7.12. The minimum atomic E-state index is 0. The largest absolute Gasteiger partial charge is 0.314 e. The molecule has 0 saturated carbocycles. The standard InChI is InChI=1S/C17H29N3S.ClH/c1-17(2,3)16-5-4-15(21-16)13-19-9-6-14(12-19)20-10-7-18-8-11-20;/h4-5,14,18H,6-13H2,1-3H3;1H. The van der Waals surface area contributed by atoms with E-state index in [0.29, 0.717) is 0 Å². The van der Waals surface area contributed by atoms with Crippen LogP contribution in [-0.2, 0) is 12.0 Å². The molecule has 0 aliphatic carbocycles. The summed E-state index contributed by atoms with van der Waals surface area (Å²) < 4.78 is 0. The van der Waals surface area contributed by atoms with Crippen molar-refractivity contribution < 1.29 is 0 Å². The lowest BCUT2D eigenvalue weighted by Gasteiger charge is -2.32. The normalized spacial score (nSPS) is 24.4. The molecule has 2 fully saturated rings. The van der Waals surface area contributed by atoms with Crippen LogP contribution in [0.3, 0.4) is 0 Å². The molecule has 0 bridgehead atoms. The zero-order chi connectivity index (χ0) is 14.9. The van der Waals surface area contributed by atoms with Crippen LogP contribution in [0.1, 0.15) is 36.9 Å². The molecule has 5 heteroatoms. The Labute approximate surface area is 145 Å². The summed E-state index contributed by atoms with van der Waals surface area (Å²) in [5.74, 6) is 0. The van der Waals surface area contributed by atoms with Crippen molar-refractivity contribution in [3.8, 4) is 0 Å². The van der Waals surface area contributed by atoms with Gasteiger partial charge in [0.25, 0.3) is 0 Å². The van der Waals surface area contributed by atoms with Crippen molar-refractivity contribution in [2.45, 2.75) is 45.2 Å². The van der Waals surface area contributed by atoms with Gasteiger partial charge in [0.2, 0.25) is 0 Å². The van der Waals surface area contributed by atoms with Crippen molar-refractivity contribution in [1.82, 2.24) is 15.1 Å². The number of rotatable bonds is 3. The minimum absolute atomic E-state index is 0. The van der Waals surface area contributed by atoms with Crippen molar-refractivity contribution in [3.63, 3.8) is 0 Å². The molecule has 22 heavy (non-hydrogen) atoms. The lowest BCUT2D eigenvalue weighted by molar-refractivity contribution is 0.170. The van der Waals surface area contributed by atoms with E-state index in [-0.39, 0.29) is 17.8 Å². The fraction of sp³-hybridized carbons (Fsp3) is 0.765. The van der Waals surface area contributed by atoms with E-state index in [1.165, 1.54) is 42.4 Å². The van der Waals surface area contributed by atoms with Crippen molar-refractivity contribution in [1.29, 1.82) is 0 Å². The third-order valence-corrected chi connectivity index (χ3v) is 6.19. The number of nitrogens with one attached hydrogen (secondary N) is 1. The molecule has 0 spiro atoms. The number of piperazine rings is 1. The molecule has 1 N–H and O–H groups in total. The Bertz CT molecular complexity index is 463. The van der Waals surface area contributed by atoms with E-state index in [4.69, 9.17) is 0 Å². The van der Waals surface area contributed by atoms with Crippen LogP contribution in [-0.4, -0.2) is 55.1 Å². The molecule has 3 rings (SSSR count). The van der Waals surface area contributed by atoms with E-state index in [2.05, 4.69) is 48.0 Å². The quantitative estimate of drug-likeness (QED) is 0.910. The molecular weight excluding hydrogens is 314 g/mol. The molecule has 1 unspecified atom stereocenters. The average molecular weight is 344 g/mol. The summed E-state index contributed by atoms with van der Waals surface area (Å²) in [6.45, 7) is 15.4. The Kier molecular flexibility index (Phi) is 6.31. The van der Waals surface area contributed by atoms with Gasteiger partial charge in [-0.15, -0.1) is 23.7 Å². The summed E-state index contributed by atoms with van der Waals surface area (Å²) in [6.07, 6.45) is 1.34. The molecule has 0 radical (unpaired) electrons. The fourth-order valence-electron chi connectivity index (χ4n) is 3.39. The molecule has 1 atom stereocenters. The molecule has 0 aromatic carbocycles. The molecule has 0 amide bonds. The van der Waals surface area contributed by atoms with Crippen LogP contribution in [0.15, 0.2) is 12.1 Å². The van der Waals surface area contributed by atoms with E-state index in [1.807, 2.05) is 11.3 Å². The predicted octanol–water partition coefficient (Wildman–Crippen LogP) is 2.95. The maximum atomic E-state index is 3.45. The second-order valence-electron chi connectivity index (χ2n) is 7.48. The van der Waals surface area contributed by atoms with Crippen molar-refractivity contribution >= 4 is 23.7 Å². The molecule has 2 saturated heterocycles. The highest BCUT2D eigenvalue weighted by Crippen LogP contribution is 2.30. The van der Waals surface area contributed by atoms with Crippen molar-refractivity contribution in [2.75, 3.05) is 39.3 Å². The molecule has 3 nitrogen and oxygen atoms in total. The van der Waals surface area contributed by atoms with Gasteiger partial charge in [-0.05, 0) is 24.0 Å². The molecular formula is C17H30ClN3S. The molecule has 2 aliphatic rings. The number of hydrogen-bond donors (Lipinski definition) is 1. The Morgan fingerprint density at radius 1 is 1.18 bits per heavy atom. The molecule has 126 valence electrons. The first-order chi connectivity index (χ1) is 10.0. The van der Waals surface area contributed by atoms with E-state index < -0.39 is 0 Å². The topological polar surface area (TPSA) is 18.5 Å². The van der Waals surface area contributed by atoms with Crippen LogP contribution in [0.2, 0.25) is 0 Å². The first-order valence-corrected chi connectivity index (χ1v) is 9.10. The maximum absolute atomic E-state index is 3.45. The maximum Gasteiger partial charge on any atom is 0.0328 e. The predicted molar refractivity (Wildman–Crippen MR) is 98.4 cm³/mol. The van der Waals surface area contributed by atoms with Crippen molar-refractivity contribution in [3.05, 3.63) is 21.9 Å².